The second kappa shape index (κ2) is 35.1. The maximum atomic E-state index is 13.6. The number of carbonyl (C=O) groups is 9. The summed E-state index contributed by atoms with van der Waals surface area (Å²) < 4.78 is 67.8. The molecule has 7 saturated heterocycles. The fourth-order valence-corrected chi connectivity index (χ4v) is 17.4. The van der Waals surface area contributed by atoms with Crippen LogP contribution in [0.2, 0.25) is 0 Å². The molecule has 8 rings (SSSR count). The van der Waals surface area contributed by atoms with Gasteiger partial charge in [-0.2, -0.15) is 55.3 Å². The van der Waals surface area contributed by atoms with E-state index in [0.29, 0.717) is 171 Å². The summed E-state index contributed by atoms with van der Waals surface area (Å²) in [6, 6.07) is -3.68. The average Bonchev–Trinajstić information content (AvgIpc) is 1.76. The van der Waals surface area contributed by atoms with Gasteiger partial charge >= 0.3 is 12.1 Å². The van der Waals surface area contributed by atoms with E-state index in [1.807, 2.05) is 38.2 Å². The predicted octanol–water partition coefficient (Wildman–Crippen LogP) is 0.397. The van der Waals surface area contributed by atoms with Gasteiger partial charge in [0.15, 0.2) is 0 Å². The first-order valence-electron chi connectivity index (χ1n) is 32.9. The molecule has 7 aliphatic rings. The van der Waals surface area contributed by atoms with E-state index in [9.17, 15) is 69.1 Å². The minimum absolute atomic E-state index is 0.0141. The highest BCUT2D eigenvalue weighted by molar-refractivity contribution is 8.00. The smallest absolute Gasteiger partial charge is 0.315 e. The number of unbranched alkanes of at least 4 members (excludes halogenated alkanes) is 6. The van der Waals surface area contributed by atoms with Gasteiger partial charge in [-0.05, 0) is 96.8 Å². The highest BCUT2D eigenvalue weighted by atomic mass is 32.2. The lowest BCUT2D eigenvalue weighted by Crippen LogP contribution is -2.54. The van der Waals surface area contributed by atoms with Crippen LogP contribution >= 0.6 is 23.5 Å². The molecule has 0 spiro atoms. The van der Waals surface area contributed by atoms with Gasteiger partial charge in [0.1, 0.15) is 29.4 Å². The molecule has 1 aromatic rings. The summed E-state index contributed by atoms with van der Waals surface area (Å²) >= 11 is 3.68. The number of anilines is 3. The molecule has 7 aliphatic heterocycles. The van der Waals surface area contributed by atoms with Gasteiger partial charge in [-0.25, -0.2) is 9.59 Å². The van der Waals surface area contributed by atoms with Crippen molar-refractivity contribution in [3.8, 4) is 0 Å². The molecule has 93 heavy (non-hydrogen) atoms. The Morgan fingerprint density at radius 3 is 1.23 bits per heavy atom. The number of aromatic nitrogens is 3. The summed E-state index contributed by atoms with van der Waals surface area (Å²) in [5, 5.41) is 28.9. The van der Waals surface area contributed by atoms with Gasteiger partial charge in [-0.3, -0.25) is 42.7 Å². The molecular formula is C58H94N16O15S4. The van der Waals surface area contributed by atoms with E-state index in [1.165, 1.54) is 0 Å². The van der Waals surface area contributed by atoms with Crippen molar-refractivity contribution in [1.82, 2.24) is 68.1 Å². The Labute approximate surface area is 552 Å². The Kier molecular flexibility index (Phi) is 27.5. The number of urea groups is 2. The Morgan fingerprint density at radius 2 is 0.860 bits per heavy atom. The normalized spacial score (nSPS) is 23.3. The van der Waals surface area contributed by atoms with E-state index in [1.54, 1.807) is 6.92 Å². The third kappa shape index (κ3) is 23.7. The van der Waals surface area contributed by atoms with Gasteiger partial charge in [0.05, 0.1) is 24.2 Å². The van der Waals surface area contributed by atoms with Gasteiger partial charge < -0.3 is 67.9 Å². The second-order valence-corrected chi connectivity index (χ2v) is 31.0. The molecular weight excluding hydrogens is 1290 g/mol. The van der Waals surface area contributed by atoms with Crippen molar-refractivity contribution >= 4 is 115 Å². The van der Waals surface area contributed by atoms with E-state index in [4.69, 9.17) is 15.0 Å². The largest absolute Gasteiger partial charge is 0.356 e. The third-order valence-electron chi connectivity index (χ3n) is 18.2. The summed E-state index contributed by atoms with van der Waals surface area (Å²) in [4.78, 5) is 134. The number of fused-ring (bicyclic) bond motifs is 2. The van der Waals surface area contributed by atoms with Crippen LogP contribution in [0.5, 0.6) is 0 Å². The van der Waals surface area contributed by atoms with Crippen molar-refractivity contribution < 1.29 is 69.1 Å². The van der Waals surface area contributed by atoms with Crippen LogP contribution in [0.1, 0.15) is 148 Å². The zero-order valence-electron chi connectivity index (χ0n) is 52.9. The molecule has 7 fully saturated rings. The van der Waals surface area contributed by atoms with E-state index < -0.39 is 79.5 Å². The highest BCUT2D eigenvalue weighted by Crippen LogP contribution is 2.35. The van der Waals surface area contributed by atoms with Crippen molar-refractivity contribution in [3.63, 3.8) is 0 Å². The molecule has 8 heterocycles. The summed E-state index contributed by atoms with van der Waals surface area (Å²) in [6.07, 6.45) is 11.7. The third-order valence-corrected chi connectivity index (χ3v) is 22.8. The van der Waals surface area contributed by atoms with E-state index in [2.05, 4.69) is 53.2 Å². The molecule has 10 amide bonds. The lowest BCUT2D eigenvalue weighted by Gasteiger charge is -2.36. The average molecular weight is 1380 g/mol. The van der Waals surface area contributed by atoms with Crippen LogP contribution in [0.25, 0.3) is 0 Å². The van der Waals surface area contributed by atoms with E-state index in [0.717, 1.165) is 50.0 Å². The van der Waals surface area contributed by atoms with Crippen LogP contribution in [0, 0.1) is 5.92 Å². The van der Waals surface area contributed by atoms with Crippen LogP contribution in [-0.2, 0) is 53.8 Å². The van der Waals surface area contributed by atoms with Gasteiger partial charge in [0, 0.05) is 118 Å². The molecule has 0 aromatic carbocycles. The molecule has 1 aromatic heterocycles. The van der Waals surface area contributed by atoms with Crippen molar-refractivity contribution in [2.24, 2.45) is 5.92 Å². The Hall–Kier alpha value is -6.04. The number of piperidine rings is 3. The maximum absolute atomic E-state index is 13.6. The zero-order valence-corrected chi connectivity index (χ0v) is 56.2. The van der Waals surface area contributed by atoms with Crippen molar-refractivity contribution in [1.29, 1.82) is 0 Å². The molecule has 0 saturated carbocycles. The Morgan fingerprint density at radius 1 is 0.505 bits per heavy atom. The summed E-state index contributed by atoms with van der Waals surface area (Å²) in [5.41, 5.74) is 0. The minimum atomic E-state index is -4.69. The standard InChI is InChI=1S/C58H94N16O15S4/c1-36(75)37-18-26-72(27-19-37)54-69-55(73-28-20-38(21-29-73)61-52(80)42(34-92(84,85)86)63-48(78)16-4-2-10-24-59-46(76)14-8-6-12-44-50-40(32-90-44)65-57(82)67-50)71-56(70-54)74-30-22-39(23-31-74)62-53(81)43(35-93(87,88)89)64-49(79)17-5-3-11-25-60-47(77)15-9-7-13-45-51-41(33-91-45)66-58(83)68-51/h37-45,50-51H,2-35H2,1H3,(H,59,76)(H,60,77)(H,61,80)(H,62,81)(H,63,78)(H,64,79)(H2,65,67,82)(H2,66,68,83)(H,84,85,86)(H,87,88,89)/t40?,41?,42?,43?,44-,45?,50?,51?/m0/s1. The zero-order chi connectivity index (χ0) is 66.7. The van der Waals surface area contributed by atoms with Crippen molar-refractivity contribution in [2.75, 3.05) is 90.1 Å². The molecule has 12 N–H and O–H groups in total. The van der Waals surface area contributed by atoms with Crippen LogP contribution < -0.4 is 67.9 Å². The van der Waals surface area contributed by atoms with Crippen molar-refractivity contribution in [3.05, 3.63) is 0 Å². The van der Waals surface area contributed by atoms with Crippen molar-refractivity contribution in [2.45, 2.75) is 207 Å². The molecule has 520 valence electrons. The molecule has 31 nitrogen and oxygen atoms in total. The summed E-state index contributed by atoms with van der Waals surface area (Å²) in [6.45, 7) is 4.90. The lowest BCUT2D eigenvalue weighted by molar-refractivity contribution is -0.129. The first-order valence-corrected chi connectivity index (χ1v) is 38.2. The van der Waals surface area contributed by atoms with Gasteiger partial charge in [-0.15, -0.1) is 0 Å². The number of carbonyl (C=O) groups excluding carboxylic acids is 9. The van der Waals surface area contributed by atoms with E-state index >= 15 is 0 Å². The lowest BCUT2D eigenvalue weighted by atomic mass is 9.93. The fourth-order valence-electron chi connectivity index (χ4n) is 13.0. The van der Waals surface area contributed by atoms with Crippen LogP contribution in [0.15, 0.2) is 0 Å². The number of rotatable bonds is 36. The number of nitrogens with one attached hydrogen (secondary N) is 10. The van der Waals surface area contributed by atoms with Gasteiger partial charge in [-0.1, -0.05) is 25.7 Å². The quantitative estimate of drug-likeness (QED) is 0.0246. The number of thioether (sulfide) groups is 2. The molecule has 35 heteroatoms. The molecule has 0 bridgehead atoms. The monoisotopic (exact) mass is 1380 g/mol. The number of amides is 10. The SMILES string of the molecule is CC(=O)C1CCN(c2nc(N3CCC(NC(=O)C(CS(=O)(=O)O)NC(=O)CCCCCNC(=O)CCCCC4SCC5NC(=O)NC54)CC3)nc(N3CCC(NC(=O)C(CS(=O)(=O)O)NC(=O)CCCCCNC(=O)CCCC[C@@H]4SCC5NC(=O)NC54)CC3)n2)CC1. The van der Waals surface area contributed by atoms with Gasteiger partial charge in [0.2, 0.25) is 53.3 Å². The molecule has 0 aliphatic carbocycles. The fraction of sp³-hybridized carbons (Fsp3) is 0.793. The predicted molar refractivity (Wildman–Crippen MR) is 350 cm³/mol. The number of hydrogen-bond acceptors (Lipinski definition) is 21. The highest BCUT2D eigenvalue weighted by Gasteiger charge is 2.44. The Balaban J connectivity index is 0.746. The number of ketones is 1. The second-order valence-electron chi connectivity index (χ2n) is 25.4. The number of nitrogens with zero attached hydrogens (tertiary/aromatic N) is 6. The van der Waals surface area contributed by atoms with Crippen LogP contribution in [0.3, 0.4) is 0 Å². The first-order chi connectivity index (χ1) is 44.4. The summed E-state index contributed by atoms with van der Waals surface area (Å²) in [7, 11) is -9.38. The van der Waals surface area contributed by atoms with E-state index in [-0.39, 0.29) is 72.6 Å². The first kappa shape index (κ1) is 72.8. The minimum Gasteiger partial charge on any atom is -0.356 e. The summed E-state index contributed by atoms with van der Waals surface area (Å²) in [5.74, 6) is -1.96. The van der Waals surface area contributed by atoms with Gasteiger partial charge in [0.25, 0.3) is 20.2 Å². The maximum Gasteiger partial charge on any atom is 0.315 e. The van der Waals surface area contributed by atoms with Crippen LogP contribution in [-0.4, -0.2) is 228 Å². The number of Topliss-reactive ketones (excluding diaryl/α,β-unsaturated/α-hetero) is 1. The van der Waals surface area contributed by atoms with Crippen LogP contribution in [0.4, 0.5) is 27.4 Å². The molecule has 7 unspecified atom stereocenters. The molecule has 8 atom stereocenters. The Bertz CT molecular complexity index is 2830. The molecule has 0 radical (unpaired) electrons. The number of hydrogen-bond donors (Lipinski definition) is 12. The topological polar surface area (TPSA) is 431 Å².